The average Bonchev–Trinajstić information content (AvgIpc) is 2.69. The van der Waals surface area contributed by atoms with Gasteiger partial charge in [-0.3, -0.25) is 14.2 Å². The van der Waals surface area contributed by atoms with Crippen LogP contribution in [0.15, 0.2) is 10.9 Å². The molecule has 0 bridgehead atoms. The quantitative estimate of drug-likeness (QED) is 0.831. The fourth-order valence-corrected chi connectivity index (χ4v) is 1.98. The second-order valence-electron chi connectivity index (χ2n) is 3.87. The molecule has 0 saturated carbocycles. The van der Waals surface area contributed by atoms with Gasteiger partial charge in [-0.1, -0.05) is 0 Å². The van der Waals surface area contributed by atoms with Gasteiger partial charge in [0.25, 0.3) is 5.56 Å². The second-order valence-corrected chi connectivity index (χ2v) is 3.87. The van der Waals surface area contributed by atoms with Crippen LogP contribution in [0, 0.1) is 0 Å². The smallest absolute Gasteiger partial charge is 0.417 e. The van der Waals surface area contributed by atoms with Crippen LogP contribution in [-0.2, 0) is 23.9 Å². The van der Waals surface area contributed by atoms with E-state index in [1.807, 2.05) is 0 Å². The van der Waals surface area contributed by atoms with E-state index in [9.17, 15) is 22.8 Å². The van der Waals surface area contributed by atoms with E-state index in [-0.39, 0.29) is 12.4 Å². The van der Waals surface area contributed by atoms with Crippen LogP contribution in [0.1, 0.15) is 11.1 Å². The highest BCUT2D eigenvalue weighted by molar-refractivity contribution is 5.74. The molecular formula is C10H9F3N2O3. The number of carboxylic acid groups (broad SMARTS) is 1. The summed E-state index contributed by atoms with van der Waals surface area (Å²) in [4.78, 5) is 22.1. The van der Waals surface area contributed by atoms with Gasteiger partial charge in [0.1, 0.15) is 5.82 Å². The Balaban J connectivity index is 2.70. The number of rotatable bonds is 2. The Hall–Kier alpha value is -1.99. The zero-order valence-corrected chi connectivity index (χ0v) is 9.04. The van der Waals surface area contributed by atoms with E-state index in [1.54, 1.807) is 0 Å². The molecule has 0 atom stereocenters. The van der Waals surface area contributed by atoms with Crippen molar-refractivity contribution in [2.24, 2.45) is 0 Å². The molecule has 18 heavy (non-hydrogen) atoms. The molecule has 5 nitrogen and oxygen atoms in total. The lowest BCUT2D eigenvalue weighted by atomic mass is 10.1. The molecule has 2 heterocycles. The predicted octanol–water partition coefficient (Wildman–Crippen LogP) is 0.920. The molecule has 0 saturated heterocycles. The molecule has 0 spiro atoms. The Morgan fingerprint density at radius 2 is 2.17 bits per heavy atom. The Kier molecular flexibility index (Phi) is 2.80. The zero-order valence-electron chi connectivity index (χ0n) is 9.04. The van der Waals surface area contributed by atoms with Crippen molar-refractivity contribution in [1.29, 1.82) is 0 Å². The minimum Gasteiger partial charge on any atom is -0.481 e. The van der Waals surface area contributed by atoms with E-state index in [1.165, 1.54) is 0 Å². The van der Waals surface area contributed by atoms with Crippen LogP contribution in [0.4, 0.5) is 19.0 Å². The SMILES string of the molecule is O=C(O)Cc1c(C(F)(F)F)cc(=O)n2c1NCC2. The Bertz CT molecular complexity index is 563. The van der Waals surface area contributed by atoms with Crippen LogP contribution in [0.3, 0.4) is 0 Å². The first kappa shape index (κ1) is 12.5. The highest BCUT2D eigenvalue weighted by Crippen LogP contribution is 2.35. The van der Waals surface area contributed by atoms with Gasteiger partial charge in [0, 0.05) is 24.7 Å². The number of nitrogens with zero attached hydrogens (tertiary/aromatic N) is 1. The monoisotopic (exact) mass is 262 g/mol. The number of carboxylic acids is 1. The highest BCUT2D eigenvalue weighted by atomic mass is 19.4. The summed E-state index contributed by atoms with van der Waals surface area (Å²) in [6.07, 6.45) is -5.53. The number of aliphatic carboxylic acids is 1. The van der Waals surface area contributed by atoms with Crippen LogP contribution in [0.5, 0.6) is 0 Å². The van der Waals surface area contributed by atoms with E-state index in [0.717, 1.165) is 4.57 Å². The van der Waals surface area contributed by atoms with Crippen LogP contribution in [0.25, 0.3) is 0 Å². The lowest BCUT2D eigenvalue weighted by Gasteiger charge is -2.15. The number of halogens is 3. The molecule has 0 aliphatic carbocycles. The summed E-state index contributed by atoms with van der Waals surface area (Å²) in [6, 6.07) is 0.453. The normalized spacial score (nSPS) is 14.2. The molecule has 1 aromatic heterocycles. The first-order chi connectivity index (χ1) is 8.30. The van der Waals surface area contributed by atoms with Gasteiger partial charge in [0.2, 0.25) is 0 Å². The average molecular weight is 262 g/mol. The van der Waals surface area contributed by atoms with Crippen molar-refractivity contribution >= 4 is 11.8 Å². The van der Waals surface area contributed by atoms with Crippen molar-refractivity contribution in [2.75, 3.05) is 11.9 Å². The fraction of sp³-hybridized carbons (Fsp3) is 0.400. The van der Waals surface area contributed by atoms with Crippen molar-refractivity contribution in [2.45, 2.75) is 19.1 Å². The van der Waals surface area contributed by atoms with Gasteiger partial charge < -0.3 is 10.4 Å². The van der Waals surface area contributed by atoms with Gasteiger partial charge in [-0.2, -0.15) is 13.2 Å². The standard InChI is InChI=1S/C10H9F3N2O3/c11-10(12,13)6-4-7(16)15-2-1-14-9(15)5(6)3-8(17)18/h4,14H,1-3H2,(H,17,18). The molecule has 98 valence electrons. The minimum absolute atomic E-state index is 0.0442. The summed E-state index contributed by atoms with van der Waals surface area (Å²) >= 11 is 0. The number of anilines is 1. The van der Waals surface area contributed by atoms with Gasteiger partial charge in [-0.15, -0.1) is 0 Å². The maximum Gasteiger partial charge on any atom is 0.417 e. The summed E-state index contributed by atoms with van der Waals surface area (Å²) in [5.74, 6) is -1.42. The number of carbonyl (C=O) groups is 1. The largest absolute Gasteiger partial charge is 0.481 e. The number of pyridine rings is 1. The van der Waals surface area contributed by atoms with Gasteiger partial charge >= 0.3 is 12.1 Å². The maximum absolute atomic E-state index is 12.8. The first-order valence-electron chi connectivity index (χ1n) is 5.10. The number of aromatic nitrogens is 1. The van der Waals surface area contributed by atoms with Crippen molar-refractivity contribution in [3.8, 4) is 0 Å². The molecule has 0 aromatic carbocycles. The topological polar surface area (TPSA) is 71.3 Å². The molecule has 1 aliphatic heterocycles. The van der Waals surface area contributed by atoms with Crippen molar-refractivity contribution in [3.63, 3.8) is 0 Å². The summed E-state index contributed by atoms with van der Waals surface area (Å²) < 4.78 is 39.5. The van der Waals surface area contributed by atoms with Crippen molar-refractivity contribution in [3.05, 3.63) is 27.5 Å². The van der Waals surface area contributed by atoms with Crippen LogP contribution < -0.4 is 10.9 Å². The van der Waals surface area contributed by atoms with Gasteiger partial charge in [-0.25, -0.2) is 0 Å². The van der Waals surface area contributed by atoms with Crippen molar-refractivity contribution in [1.82, 2.24) is 4.57 Å². The summed E-state index contributed by atoms with van der Waals surface area (Å²) in [6.45, 7) is 0.544. The molecule has 0 amide bonds. The van der Waals surface area contributed by atoms with Crippen LogP contribution in [0.2, 0.25) is 0 Å². The fourth-order valence-electron chi connectivity index (χ4n) is 1.98. The Morgan fingerprint density at radius 3 is 2.72 bits per heavy atom. The number of alkyl halides is 3. The van der Waals surface area contributed by atoms with Crippen LogP contribution >= 0.6 is 0 Å². The summed E-state index contributed by atoms with van der Waals surface area (Å²) in [5, 5.41) is 11.3. The van der Waals surface area contributed by atoms with Gasteiger partial charge in [0.05, 0.1) is 12.0 Å². The van der Waals surface area contributed by atoms with Gasteiger partial charge in [0.15, 0.2) is 0 Å². The van der Waals surface area contributed by atoms with E-state index in [2.05, 4.69) is 5.32 Å². The van der Waals surface area contributed by atoms with E-state index in [0.29, 0.717) is 12.6 Å². The molecule has 0 fully saturated rings. The Morgan fingerprint density at radius 1 is 1.50 bits per heavy atom. The lowest BCUT2D eigenvalue weighted by Crippen LogP contribution is -2.24. The number of hydrogen-bond acceptors (Lipinski definition) is 3. The molecule has 1 aliphatic rings. The molecule has 2 N–H and O–H groups in total. The van der Waals surface area contributed by atoms with Crippen LogP contribution in [-0.4, -0.2) is 22.2 Å². The van der Waals surface area contributed by atoms with E-state index < -0.39 is 35.3 Å². The number of fused-ring (bicyclic) bond motifs is 1. The third-order valence-electron chi connectivity index (χ3n) is 2.68. The summed E-state index contributed by atoms with van der Waals surface area (Å²) in [5.41, 5.74) is -2.36. The van der Waals surface area contributed by atoms with E-state index in [4.69, 9.17) is 5.11 Å². The highest BCUT2D eigenvalue weighted by Gasteiger charge is 2.37. The minimum atomic E-state index is -4.75. The zero-order chi connectivity index (χ0) is 13.5. The molecular weight excluding hydrogens is 253 g/mol. The van der Waals surface area contributed by atoms with E-state index >= 15 is 0 Å². The molecule has 0 unspecified atom stereocenters. The second kappa shape index (κ2) is 4.04. The maximum atomic E-state index is 12.8. The summed E-state index contributed by atoms with van der Waals surface area (Å²) in [7, 11) is 0. The third kappa shape index (κ3) is 2.05. The van der Waals surface area contributed by atoms with Crippen molar-refractivity contribution < 1.29 is 23.1 Å². The number of nitrogens with one attached hydrogen (secondary N) is 1. The molecule has 0 radical (unpaired) electrons. The Labute approximate surface area is 98.8 Å². The molecule has 1 aromatic rings. The molecule has 8 heteroatoms. The number of hydrogen-bond donors (Lipinski definition) is 2. The third-order valence-corrected chi connectivity index (χ3v) is 2.68. The lowest BCUT2D eigenvalue weighted by molar-refractivity contribution is -0.139. The first-order valence-corrected chi connectivity index (χ1v) is 5.10. The van der Waals surface area contributed by atoms with Gasteiger partial charge in [-0.05, 0) is 0 Å². The predicted molar refractivity (Wildman–Crippen MR) is 55.5 cm³/mol. The molecule has 2 rings (SSSR count).